The Morgan fingerprint density at radius 1 is 1.40 bits per heavy atom. The zero-order valence-electron chi connectivity index (χ0n) is 10.6. The lowest BCUT2D eigenvalue weighted by Gasteiger charge is -2.07. The van der Waals surface area contributed by atoms with Crippen LogP contribution in [0.25, 0.3) is 0 Å². The maximum absolute atomic E-state index is 11.9. The summed E-state index contributed by atoms with van der Waals surface area (Å²) in [6.45, 7) is 0. The molecule has 4 nitrogen and oxygen atoms in total. The summed E-state index contributed by atoms with van der Waals surface area (Å²) in [6.07, 6.45) is 2.47. The van der Waals surface area contributed by atoms with Crippen LogP contribution in [0.2, 0.25) is 5.15 Å². The second kappa shape index (κ2) is 6.72. The Morgan fingerprint density at radius 3 is 2.85 bits per heavy atom. The van der Waals surface area contributed by atoms with E-state index in [-0.39, 0.29) is 5.91 Å². The van der Waals surface area contributed by atoms with E-state index in [0.717, 1.165) is 5.56 Å². The topological polar surface area (TPSA) is 68.0 Å². The average molecular weight is 355 g/mol. The first-order valence-corrected chi connectivity index (χ1v) is 7.17. The Balaban J connectivity index is 1.93. The molecule has 0 saturated carbocycles. The molecule has 20 heavy (non-hydrogen) atoms. The van der Waals surface area contributed by atoms with Gasteiger partial charge in [0.05, 0.1) is 16.4 Å². The van der Waals surface area contributed by atoms with Crippen LogP contribution in [0.15, 0.2) is 41.0 Å². The highest BCUT2D eigenvalue weighted by atomic mass is 79.9. The third kappa shape index (κ3) is 3.95. The lowest BCUT2D eigenvalue weighted by molar-refractivity contribution is -0.116. The second-order valence-corrected chi connectivity index (χ2v) is 5.46. The number of carbonyl (C=O) groups is 1. The molecule has 6 heteroatoms. The molecule has 2 aromatic rings. The van der Waals surface area contributed by atoms with Crippen LogP contribution in [0.3, 0.4) is 0 Å². The van der Waals surface area contributed by atoms with Crippen LogP contribution >= 0.6 is 27.5 Å². The average Bonchev–Trinajstić information content (AvgIpc) is 2.42. The van der Waals surface area contributed by atoms with Crippen LogP contribution in [0, 0.1) is 0 Å². The van der Waals surface area contributed by atoms with Crippen LogP contribution in [0.1, 0.15) is 12.0 Å². The van der Waals surface area contributed by atoms with Gasteiger partial charge in [-0.15, -0.1) is 0 Å². The number of nitrogens with zero attached hydrogens (tertiary/aromatic N) is 1. The molecule has 104 valence electrons. The highest BCUT2D eigenvalue weighted by molar-refractivity contribution is 9.10. The minimum atomic E-state index is -0.0933. The highest BCUT2D eigenvalue weighted by Crippen LogP contribution is 2.23. The van der Waals surface area contributed by atoms with Crippen LogP contribution in [0.4, 0.5) is 11.4 Å². The zero-order chi connectivity index (χ0) is 14.5. The Labute approximate surface area is 130 Å². The Hall–Kier alpha value is -1.59. The smallest absolute Gasteiger partial charge is 0.224 e. The number of pyridine rings is 1. The number of nitrogen functional groups attached to an aromatic ring is 1. The van der Waals surface area contributed by atoms with Crippen molar-refractivity contribution in [2.24, 2.45) is 0 Å². The molecule has 0 atom stereocenters. The van der Waals surface area contributed by atoms with E-state index in [9.17, 15) is 4.79 Å². The van der Waals surface area contributed by atoms with Gasteiger partial charge in [0.15, 0.2) is 0 Å². The van der Waals surface area contributed by atoms with Crippen molar-refractivity contribution in [2.75, 3.05) is 11.1 Å². The molecule has 0 aliphatic rings. The quantitative estimate of drug-likeness (QED) is 0.650. The first-order chi connectivity index (χ1) is 9.56. The molecule has 2 rings (SSSR count). The van der Waals surface area contributed by atoms with Crippen LogP contribution < -0.4 is 11.1 Å². The maximum atomic E-state index is 11.9. The number of hydrogen-bond acceptors (Lipinski definition) is 3. The summed E-state index contributed by atoms with van der Waals surface area (Å²) in [5, 5.41) is 3.13. The van der Waals surface area contributed by atoms with Crippen molar-refractivity contribution >= 4 is 44.8 Å². The van der Waals surface area contributed by atoms with Gasteiger partial charge in [0.1, 0.15) is 5.15 Å². The third-order valence-corrected chi connectivity index (χ3v) is 3.89. The van der Waals surface area contributed by atoms with Gasteiger partial charge in [0, 0.05) is 12.1 Å². The van der Waals surface area contributed by atoms with Gasteiger partial charge >= 0.3 is 0 Å². The largest absolute Gasteiger partial charge is 0.399 e. The summed E-state index contributed by atoms with van der Waals surface area (Å²) in [5.74, 6) is -0.0933. The van der Waals surface area contributed by atoms with E-state index in [4.69, 9.17) is 17.3 Å². The van der Waals surface area contributed by atoms with E-state index in [0.29, 0.717) is 33.8 Å². The van der Waals surface area contributed by atoms with Crippen molar-refractivity contribution in [2.45, 2.75) is 12.8 Å². The molecule has 0 fully saturated rings. The van der Waals surface area contributed by atoms with Crippen LogP contribution in [-0.4, -0.2) is 10.9 Å². The first kappa shape index (κ1) is 14.8. The van der Waals surface area contributed by atoms with E-state index >= 15 is 0 Å². The Kier molecular flexibility index (Phi) is 4.98. The zero-order valence-corrected chi connectivity index (χ0v) is 12.9. The third-order valence-electron chi connectivity index (χ3n) is 2.76. The van der Waals surface area contributed by atoms with Gasteiger partial charge < -0.3 is 11.1 Å². The summed E-state index contributed by atoms with van der Waals surface area (Å²) in [6, 6.07) is 9.24. The fourth-order valence-corrected chi connectivity index (χ4v) is 2.18. The molecule has 0 spiro atoms. The number of aryl methyl sites for hydroxylation is 1. The number of benzene rings is 1. The molecule has 3 N–H and O–H groups in total. The normalized spacial score (nSPS) is 10.3. The van der Waals surface area contributed by atoms with Crippen molar-refractivity contribution < 1.29 is 4.79 Å². The summed E-state index contributed by atoms with van der Waals surface area (Å²) in [4.78, 5) is 15.8. The number of rotatable bonds is 4. The number of para-hydroxylation sites is 1. The fraction of sp³-hybridized carbons (Fsp3) is 0.143. The number of carbonyl (C=O) groups excluding carboxylic acids is 1. The first-order valence-electron chi connectivity index (χ1n) is 6.00. The van der Waals surface area contributed by atoms with Gasteiger partial charge in [-0.25, -0.2) is 4.98 Å². The molecule has 0 unspecified atom stereocenters. The van der Waals surface area contributed by atoms with Crippen LogP contribution in [0.5, 0.6) is 0 Å². The van der Waals surface area contributed by atoms with E-state index in [1.54, 1.807) is 6.07 Å². The summed E-state index contributed by atoms with van der Waals surface area (Å²) < 4.78 is 0.643. The van der Waals surface area contributed by atoms with Gasteiger partial charge in [0.25, 0.3) is 0 Å². The van der Waals surface area contributed by atoms with Crippen LogP contribution in [-0.2, 0) is 11.2 Å². The molecule has 0 aliphatic carbocycles. The van der Waals surface area contributed by atoms with Gasteiger partial charge in [-0.1, -0.05) is 29.8 Å². The van der Waals surface area contributed by atoms with Crippen molar-refractivity contribution in [3.05, 3.63) is 51.7 Å². The van der Waals surface area contributed by atoms with Gasteiger partial charge in [0.2, 0.25) is 5.91 Å². The van der Waals surface area contributed by atoms with E-state index < -0.39 is 0 Å². The number of aromatic nitrogens is 1. The predicted octanol–water partition coefficient (Wildman–Crippen LogP) is 3.65. The summed E-state index contributed by atoms with van der Waals surface area (Å²) in [7, 11) is 0. The molecule has 0 bridgehead atoms. The van der Waals surface area contributed by atoms with E-state index in [2.05, 4.69) is 26.2 Å². The molecule has 1 amide bonds. The maximum Gasteiger partial charge on any atom is 0.224 e. The molecule has 0 saturated heterocycles. The van der Waals surface area contributed by atoms with Crippen molar-refractivity contribution in [3.63, 3.8) is 0 Å². The Bertz CT molecular complexity index is 634. The van der Waals surface area contributed by atoms with Crippen molar-refractivity contribution in [1.82, 2.24) is 4.98 Å². The lowest BCUT2D eigenvalue weighted by atomic mass is 10.1. The predicted molar refractivity (Wildman–Crippen MR) is 84.8 cm³/mol. The van der Waals surface area contributed by atoms with Crippen molar-refractivity contribution in [1.29, 1.82) is 0 Å². The van der Waals surface area contributed by atoms with Gasteiger partial charge in [-0.2, -0.15) is 0 Å². The summed E-state index contributed by atoms with van der Waals surface area (Å²) >= 11 is 9.05. The molecule has 1 aromatic carbocycles. The fourth-order valence-electron chi connectivity index (χ4n) is 1.72. The number of nitrogens with one attached hydrogen (secondary N) is 1. The number of nitrogens with two attached hydrogens (primary N) is 1. The minimum Gasteiger partial charge on any atom is -0.399 e. The number of amides is 1. The van der Waals surface area contributed by atoms with E-state index in [1.807, 2.05) is 24.3 Å². The molecule has 0 radical (unpaired) electrons. The van der Waals surface area contributed by atoms with Gasteiger partial charge in [-0.05, 0) is 40.0 Å². The summed E-state index contributed by atoms with van der Waals surface area (Å²) in [5.41, 5.74) is 8.11. The molecular weight excluding hydrogens is 342 g/mol. The monoisotopic (exact) mass is 353 g/mol. The lowest BCUT2D eigenvalue weighted by Crippen LogP contribution is -2.13. The van der Waals surface area contributed by atoms with E-state index in [1.165, 1.54) is 6.20 Å². The number of anilines is 2. The Morgan fingerprint density at radius 2 is 2.15 bits per heavy atom. The van der Waals surface area contributed by atoms with Gasteiger partial charge in [-0.3, -0.25) is 4.79 Å². The molecule has 1 heterocycles. The second-order valence-electron chi connectivity index (χ2n) is 4.24. The molecular formula is C14H13BrClN3O. The standard InChI is InChI=1S/C14H13BrClN3O/c15-11-7-10(8-18-14(11)16)19-13(20)6-5-9-3-1-2-4-12(9)17/h1-4,7-8H,5-6,17H2,(H,19,20). The number of hydrogen-bond donors (Lipinski definition) is 2. The minimum absolute atomic E-state index is 0.0933. The highest BCUT2D eigenvalue weighted by Gasteiger charge is 2.07. The molecule has 0 aliphatic heterocycles. The SMILES string of the molecule is Nc1ccccc1CCC(=O)Nc1cnc(Cl)c(Br)c1. The number of halogens is 2. The van der Waals surface area contributed by atoms with Crippen molar-refractivity contribution in [3.8, 4) is 0 Å². The molecule has 1 aromatic heterocycles.